The van der Waals surface area contributed by atoms with Gasteiger partial charge in [-0.25, -0.2) is 23.8 Å². The fraction of sp³-hybridized carbons (Fsp3) is 0.231. The molecule has 15 heteroatoms. The molecule has 7 rings (SSSR count). The molecule has 11 nitrogen and oxygen atoms in total. The van der Waals surface area contributed by atoms with Gasteiger partial charge in [-0.2, -0.15) is 10.2 Å². The van der Waals surface area contributed by atoms with Crippen LogP contribution in [-0.4, -0.2) is 68.1 Å². The number of carboxylic acids is 1. The molecule has 0 saturated carbocycles. The van der Waals surface area contributed by atoms with Crippen molar-refractivity contribution in [2.24, 2.45) is 0 Å². The van der Waals surface area contributed by atoms with Crippen LogP contribution in [0.3, 0.4) is 0 Å². The molecule has 0 spiro atoms. The van der Waals surface area contributed by atoms with E-state index in [9.17, 15) is 28.0 Å². The lowest BCUT2D eigenvalue weighted by Gasteiger charge is -2.32. The van der Waals surface area contributed by atoms with Crippen LogP contribution >= 0.6 is 23.2 Å². The average molecular weight is 777 g/mol. The zero-order valence-corrected chi connectivity index (χ0v) is 30.3. The van der Waals surface area contributed by atoms with Crippen molar-refractivity contribution in [1.29, 1.82) is 0 Å². The first kappa shape index (κ1) is 38.2. The number of benzene rings is 4. The topological polar surface area (TPSA) is 158 Å². The standard InChI is InChI=1S/C23H23ClFN3O3.C16H10ClFN2O3/c1-2-31-17-6-8-28(9-7-17)23(30)15-10-14(11-16(25)13-15)12-20-21-18(22(29)27-26-20)4-3-5-19(21)24;17-12-3-1-2-11-14(12)13(19-20-15(11)21)6-8-4-9(16(22)23)7-10(18)5-8/h3-5,10-11,13,17H,2,6-9,12H2,1H3,(H,27,29);1-5,7H,6H2,(H,20,21)(H,22,23). The highest BCUT2D eigenvalue weighted by Gasteiger charge is 2.25. The van der Waals surface area contributed by atoms with Crippen LogP contribution in [0.25, 0.3) is 21.5 Å². The van der Waals surface area contributed by atoms with E-state index >= 15 is 0 Å². The number of H-pyrrole nitrogens is 2. The summed E-state index contributed by atoms with van der Waals surface area (Å²) in [7, 11) is 0. The Bertz CT molecular complexity index is 2500. The summed E-state index contributed by atoms with van der Waals surface area (Å²) in [6, 6.07) is 17.8. The minimum atomic E-state index is -1.22. The van der Waals surface area contributed by atoms with E-state index in [-0.39, 0.29) is 41.5 Å². The third-order valence-electron chi connectivity index (χ3n) is 8.96. The summed E-state index contributed by atoms with van der Waals surface area (Å²) in [6.07, 6.45) is 2.07. The smallest absolute Gasteiger partial charge is 0.335 e. The maximum atomic E-state index is 14.4. The minimum Gasteiger partial charge on any atom is -0.478 e. The first-order chi connectivity index (χ1) is 25.9. The van der Waals surface area contributed by atoms with Crippen molar-refractivity contribution in [3.05, 3.63) is 149 Å². The van der Waals surface area contributed by atoms with E-state index in [0.717, 1.165) is 18.9 Å². The Morgan fingerprint density at radius 2 is 1.28 bits per heavy atom. The lowest BCUT2D eigenvalue weighted by molar-refractivity contribution is 0.0145. The Kier molecular flexibility index (Phi) is 11.8. The molecule has 0 unspecified atom stereocenters. The molecule has 2 aromatic heterocycles. The first-order valence-electron chi connectivity index (χ1n) is 17.0. The fourth-order valence-electron chi connectivity index (χ4n) is 6.52. The van der Waals surface area contributed by atoms with Gasteiger partial charge in [-0.05, 0) is 91.6 Å². The number of hydrogen-bond donors (Lipinski definition) is 3. The zero-order valence-electron chi connectivity index (χ0n) is 28.8. The molecule has 0 atom stereocenters. The largest absolute Gasteiger partial charge is 0.478 e. The van der Waals surface area contributed by atoms with Crippen LogP contribution in [0.2, 0.25) is 10.0 Å². The number of hydrogen-bond acceptors (Lipinski definition) is 7. The van der Waals surface area contributed by atoms with Crippen LogP contribution in [-0.2, 0) is 17.6 Å². The van der Waals surface area contributed by atoms with Crippen LogP contribution in [0, 0.1) is 11.6 Å². The quantitative estimate of drug-likeness (QED) is 0.150. The van der Waals surface area contributed by atoms with Crippen LogP contribution in [0.4, 0.5) is 8.78 Å². The Labute approximate surface area is 316 Å². The summed E-state index contributed by atoms with van der Waals surface area (Å²) in [6.45, 7) is 3.77. The highest BCUT2D eigenvalue weighted by atomic mass is 35.5. The van der Waals surface area contributed by atoms with Crippen molar-refractivity contribution in [3.63, 3.8) is 0 Å². The molecule has 3 N–H and O–H groups in total. The molecule has 1 saturated heterocycles. The molecule has 54 heavy (non-hydrogen) atoms. The first-order valence-corrected chi connectivity index (χ1v) is 17.7. The van der Waals surface area contributed by atoms with Gasteiger partial charge in [0.1, 0.15) is 11.6 Å². The normalized spacial score (nSPS) is 13.2. The van der Waals surface area contributed by atoms with E-state index in [1.54, 1.807) is 47.4 Å². The van der Waals surface area contributed by atoms with E-state index in [1.165, 1.54) is 24.3 Å². The average Bonchev–Trinajstić information content (AvgIpc) is 3.14. The van der Waals surface area contributed by atoms with Crippen molar-refractivity contribution in [3.8, 4) is 0 Å². The zero-order chi connectivity index (χ0) is 38.5. The van der Waals surface area contributed by atoms with Crippen LogP contribution in [0.15, 0.2) is 82.4 Å². The number of aromatic carboxylic acids is 1. The van der Waals surface area contributed by atoms with Crippen molar-refractivity contribution >= 4 is 56.6 Å². The lowest BCUT2D eigenvalue weighted by Crippen LogP contribution is -2.41. The molecule has 6 aromatic rings. The van der Waals surface area contributed by atoms with Gasteiger partial charge in [0.15, 0.2) is 0 Å². The minimum absolute atomic E-state index is 0.134. The molecule has 3 heterocycles. The van der Waals surface area contributed by atoms with Gasteiger partial charge < -0.3 is 14.7 Å². The number of carbonyl (C=O) groups is 2. The predicted molar refractivity (Wildman–Crippen MR) is 201 cm³/mol. The summed E-state index contributed by atoms with van der Waals surface area (Å²) in [5.41, 5.74) is 1.37. The summed E-state index contributed by atoms with van der Waals surface area (Å²) >= 11 is 12.5. The van der Waals surface area contributed by atoms with Crippen molar-refractivity contribution in [1.82, 2.24) is 25.3 Å². The number of carbonyl (C=O) groups excluding carboxylic acids is 1. The van der Waals surface area contributed by atoms with Gasteiger partial charge in [0.2, 0.25) is 0 Å². The molecule has 1 aliphatic heterocycles. The Hall–Kier alpha value is -5.50. The molecule has 0 radical (unpaired) electrons. The predicted octanol–water partition coefficient (Wildman–Crippen LogP) is 6.95. The van der Waals surface area contributed by atoms with Gasteiger partial charge in [-0.3, -0.25) is 14.4 Å². The van der Waals surface area contributed by atoms with Gasteiger partial charge in [-0.15, -0.1) is 0 Å². The third kappa shape index (κ3) is 8.65. The number of fused-ring (bicyclic) bond motifs is 2. The van der Waals surface area contributed by atoms with Crippen LogP contribution in [0.5, 0.6) is 0 Å². The van der Waals surface area contributed by atoms with Gasteiger partial charge in [0.25, 0.3) is 17.0 Å². The maximum absolute atomic E-state index is 14.4. The third-order valence-corrected chi connectivity index (χ3v) is 9.59. The van der Waals surface area contributed by atoms with Gasteiger partial charge >= 0.3 is 5.97 Å². The fourth-order valence-corrected chi connectivity index (χ4v) is 7.09. The monoisotopic (exact) mass is 775 g/mol. The number of piperidine rings is 1. The number of amides is 1. The summed E-state index contributed by atoms with van der Waals surface area (Å²) in [4.78, 5) is 49.6. The van der Waals surface area contributed by atoms with Gasteiger partial charge in [0, 0.05) is 48.9 Å². The molecule has 0 aliphatic carbocycles. The van der Waals surface area contributed by atoms with Crippen LogP contribution < -0.4 is 11.1 Å². The second-order valence-corrected chi connectivity index (χ2v) is 13.4. The Morgan fingerprint density at radius 3 is 1.76 bits per heavy atom. The number of nitrogens with zero attached hydrogens (tertiary/aromatic N) is 3. The van der Waals surface area contributed by atoms with E-state index in [2.05, 4.69) is 20.4 Å². The number of likely N-dealkylation sites (tertiary alicyclic amines) is 1. The molecule has 1 fully saturated rings. The van der Waals surface area contributed by atoms with E-state index in [1.807, 2.05) is 6.92 Å². The maximum Gasteiger partial charge on any atom is 0.335 e. The van der Waals surface area contributed by atoms with Crippen LogP contribution in [0.1, 0.15) is 63.0 Å². The van der Waals surface area contributed by atoms with Gasteiger partial charge in [-0.1, -0.05) is 35.3 Å². The Balaban J connectivity index is 0.000000193. The van der Waals surface area contributed by atoms with E-state index < -0.39 is 17.6 Å². The number of ether oxygens (including phenoxy) is 1. The number of nitrogens with one attached hydrogen (secondary N) is 2. The summed E-state index contributed by atoms with van der Waals surface area (Å²) in [5, 5.41) is 24.5. The number of rotatable bonds is 8. The highest BCUT2D eigenvalue weighted by Crippen LogP contribution is 2.27. The molecule has 4 aromatic carbocycles. The molecule has 1 aliphatic rings. The molecular formula is C39H33Cl2F2N5O6. The molecule has 0 bridgehead atoms. The number of aromatic amines is 2. The number of halogens is 4. The number of carboxylic acid groups (broad SMARTS) is 1. The second-order valence-electron chi connectivity index (χ2n) is 12.6. The van der Waals surface area contributed by atoms with Gasteiger partial charge in [0.05, 0.1) is 43.9 Å². The second kappa shape index (κ2) is 16.7. The molecule has 278 valence electrons. The summed E-state index contributed by atoms with van der Waals surface area (Å²) < 4.78 is 33.6. The summed E-state index contributed by atoms with van der Waals surface area (Å²) in [5.74, 6) is -2.57. The highest BCUT2D eigenvalue weighted by molar-refractivity contribution is 6.36. The number of aromatic nitrogens is 4. The van der Waals surface area contributed by atoms with Crippen molar-refractivity contribution in [2.75, 3.05) is 19.7 Å². The molecule has 1 amide bonds. The SMILES string of the molecule is CCOC1CCN(C(=O)c2cc(F)cc(Cc3n[nH]c(=O)c4cccc(Cl)c34)c2)CC1.O=C(O)c1cc(F)cc(Cc2n[nH]c(=O)c3cccc(Cl)c23)c1. The van der Waals surface area contributed by atoms with Crippen molar-refractivity contribution in [2.45, 2.75) is 38.7 Å². The molecular weight excluding hydrogens is 743 g/mol. The van der Waals surface area contributed by atoms with Crippen molar-refractivity contribution < 1.29 is 28.2 Å². The lowest BCUT2D eigenvalue weighted by atomic mass is 10.0. The van der Waals surface area contributed by atoms with E-state index in [4.69, 9.17) is 33.0 Å². The van der Waals surface area contributed by atoms with E-state index in [0.29, 0.717) is 79.4 Å². The Morgan fingerprint density at radius 1 is 0.796 bits per heavy atom.